The fourth-order valence-corrected chi connectivity index (χ4v) is 4.70. The second kappa shape index (κ2) is 6.74. The van der Waals surface area contributed by atoms with Crippen LogP contribution in [0.25, 0.3) is 0 Å². The molecular weight excluding hydrogens is 356 g/mol. The first-order valence-corrected chi connectivity index (χ1v) is 9.99. The normalized spacial score (nSPS) is 26.8. The van der Waals surface area contributed by atoms with Crippen molar-refractivity contribution in [2.75, 3.05) is 19.6 Å². The van der Waals surface area contributed by atoms with E-state index >= 15 is 0 Å². The van der Waals surface area contributed by atoms with Crippen molar-refractivity contribution in [1.82, 2.24) is 15.4 Å². The minimum Gasteiger partial charge on any atom is -0.360 e. The molecule has 2 amide bonds. The van der Waals surface area contributed by atoms with Gasteiger partial charge in [0.1, 0.15) is 5.76 Å². The van der Waals surface area contributed by atoms with Crippen LogP contribution in [0.15, 0.2) is 34.9 Å². The van der Waals surface area contributed by atoms with Crippen LogP contribution >= 0.6 is 0 Å². The van der Waals surface area contributed by atoms with Gasteiger partial charge < -0.3 is 20.5 Å². The summed E-state index contributed by atoms with van der Waals surface area (Å²) < 4.78 is 5.46. The molecular formula is C21H24N4O3. The highest BCUT2D eigenvalue weighted by molar-refractivity contribution is 5.92. The number of amides is 2. The first-order valence-electron chi connectivity index (χ1n) is 9.99. The molecule has 1 aromatic carbocycles. The number of aromatic nitrogens is 1. The van der Waals surface area contributed by atoms with Gasteiger partial charge in [-0.1, -0.05) is 29.4 Å². The smallest absolute Gasteiger partial charge is 0.273 e. The van der Waals surface area contributed by atoms with Crippen LogP contribution in [0.3, 0.4) is 0 Å². The second-order valence-corrected chi connectivity index (χ2v) is 8.10. The van der Waals surface area contributed by atoms with Gasteiger partial charge in [-0.2, -0.15) is 0 Å². The maximum absolute atomic E-state index is 12.8. The summed E-state index contributed by atoms with van der Waals surface area (Å²) in [4.78, 5) is 26.5. The standard InChI is InChI=1S/C21H24N4O3/c22-11-19(26)25-7-5-14(6-8-25)20-13-3-1-12(2-4-13)15-9-16(15)18-10-17(24-28-18)21(27)23-20/h1-4,10,14-16,20H,5-9,11,22H2,(H,23,27). The summed E-state index contributed by atoms with van der Waals surface area (Å²) in [6, 6.07) is 10.3. The molecule has 1 aromatic heterocycles. The lowest BCUT2D eigenvalue weighted by Crippen LogP contribution is -2.44. The molecule has 2 aromatic rings. The Balaban J connectivity index is 1.43. The van der Waals surface area contributed by atoms with Crippen LogP contribution in [0.5, 0.6) is 0 Å². The molecule has 3 unspecified atom stereocenters. The molecule has 6 rings (SSSR count). The van der Waals surface area contributed by atoms with E-state index in [4.69, 9.17) is 10.3 Å². The van der Waals surface area contributed by atoms with Crippen LogP contribution in [-0.2, 0) is 4.79 Å². The van der Waals surface area contributed by atoms with Gasteiger partial charge in [0.25, 0.3) is 5.91 Å². The van der Waals surface area contributed by atoms with E-state index in [0.717, 1.165) is 30.6 Å². The summed E-state index contributed by atoms with van der Waals surface area (Å²) in [6.07, 6.45) is 2.69. The molecule has 1 saturated carbocycles. The van der Waals surface area contributed by atoms with Gasteiger partial charge in [-0.3, -0.25) is 9.59 Å². The highest BCUT2D eigenvalue weighted by atomic mass is 16.5. The van der Waals surface area contributed by atoms with Gasteiger partial charge in [-0.15, -0.1) is 0 Å². The maximum Gasteiger partial charge on any atom is 0.273 e. The molecule has 0 radical (unpaired) electrons. The quantitative estimate of drug-likeness (QED) is 0.829. The Labute approximate surface area is 163 Å². The van der Waals surface area contributed by atoms with Crippen molar-refractivity contribution in [1.29, 1.82) is 0 Å². The summed E-state index contributed by atoms with van der Waals surface area (Å²) >= 11 is 0. The first-order chi connectivity index (χ1) is 13.6. The molecule has 28 heavy (non-hydrogen) atoms. The number of rotatable bonds is 2. The number of hydrogen-bond donors (Lipinski definition) is 2. The van der Waals surface area contributed by atoms with Crippen LogP contribution in [0, 0.1) is 5.92 Å². The number of likely N-dealkylation sites (tertiary alicyclic amines) is 1. The number of nitrogens with one attached hydrogen (secondary N) is 1. The molecule has 4 aliphatic rings. The van der Waals surface area contributed by atoms with Crippen molar-refractivity contribution >= 4 is 11.8 Å². The average Bonchev–Trinajstić information content (AvgIpc) is 3.38. The highest BCUT2D eigenvalue weighted by Crippen LogP contribution is 2.55. The number of carbonyl (C=O) groups is 2. The van der Waals surface area contributed by atoms with E-state index in [1.807, 2.05) is 4.90 Å². The maximum atomic E-state index is 12.8. The molecule has 1 saturated heterocycles. The molecule has 2 fully saturated rings. The lowest BCUT2D eigenvalue weighted by molar-refractivity contribution is -0.131. The van der Waals surface area contributed by atoms with Crippen LogP contribution < -0.4 is 11.1 Å². The molecule has 0 spiro atoms. The highest BCUT2D eigenvalue weighted by Gasteiger charge is 2.43. The molecule has 4 heterocycles. The zero-order valence-electron chi connectivity index (χ0n) is 15.6. The Morgan fingerprint density at radius 3 is 2.61 bits per heavy atom. The van der Waals surface area contributed by atoms with Crippen molar-refractivity contribution in [3.8, 4) is 0 Å². The third kappa shape index (κ3) is 2.99. The predicted molar refractivity (Wildman–Crippen MR) is 102 cm³/mol. The van der Waals surface area contributed by atoms with Crippen LogP contribution in [-0.4, -0.2) is 41.5 Å². The Bertz CT molecular complexity index is 899. The number of nitrogens with zero attached hydrogens (tertiary/aromatic N) is 2. The van der Waals surface area contributed by atoms with E-state index in [-0.39, 0.29) is 30.3 Å². The van der Waals surface area contributed by atoms with Crippen molar-refractivity contribution < 1.29 is 14.1 Å². The number of piperidine rings is 1. The van der Waals surface area contributed by atoms with Gasteiger partial charge in [-0.25, -0.2) is 0 Å². The first kappa shape index (κ1) is 17.4. The summed E-state index contributed by atoms with van der Waals surface area (Å²) in [5.41, 5.74) is 8.24. The summed E-state index contributed by atoms with van der Waals surface area (Å²) in [6.45, 7) is 1.38. The summed E-state index contributed by atoms with van der Waals surface area (Å²) in [5.74, 6) is 1.59. The topological polar surface area (TPSA) is 101 Å². The number of carbonyl (C=O) groups excluding carboxylic acids is 2. The second-order valence-electron chi connectivity index (χ2n) is 8.10. The van der Waals surface area contributed by atoms with Gasteiger partial charge in [0, 0.05) is 25.1 Å². The zero-order chi connectivity index (χ0) is 19.3. The fraction of sp³-hybridized carbons (Fsp3) is 0.476. The third-order valence-corrected chi connectivity index (χ3v) is 6.47. The molecule has 4 bridgehead atoms. The lowest BCUT2D eigenvalue weighted by Gasteiger charge is -2.36. The lowest BCUT2D eigenvalue weighted by atomic mass is 9.84. The summed E-state index contributed by atoms with van der Waals surface area (Å²) in [7, 11) is 0. The van der Waals surface area contributed by atoms with Gasteiger partial charge in [-0.05, 0) is 42.2 Å². The Kier molecular flexibility index (Phi) is 4.19. The van der Waals surface area contributed by atoms with E-state index in [1.54, 1.807) is 6.07 Å². The van der Waals surface area contributed by atoms with Crippen LogP contribution in [0.1, 0.15) is 64.5 Å². The summed E-state index contributed by atoms with van der Waals surface area (Å²) in [5, 5.41) is 7.18. The Morgan fingerprint density at radius 1 is 1.18 bits per heavy atom. The van der Waals surface area contributed by atoms with E-state index < -0.39 is 0 Å². The van der Waals surface area contributed by atoms with Crippen molar-refractivity contribution in [3.63, 3.8) is 0 Å². The molecule has 1 aliphatic carbocycles. The largest absolute Gasteiger partial charge is 0.360 e. The number of benzene rings is 1. The number of nitrogens with two attached hydrogens (primary N) is 1. The van der Waals surface area contributed by atoms with E-state index in [0.29, 0.717) is 30.6 Å². The molecule has 7 heteroatoms. The Morgan fingerprint density at radius 2 is 1.89 bits per heavy atom. The van der Waals surface area contributed by atoms with Crippen molar-refractivity contribution in [3.05, 3.63) is 52.9 Å². The average molecular weight is 380 g/mol. The van der Waals surface area contributed by atoms with Gasteiger partial charge in [0.15, 0.2) is 5.69 Å². The third-order valence-electron chi connectivity index (χ3n) is 6.47. The SMILES string of the molecule is NCC(=O)N1CCC(C2NC(=O)c3cc(on3)C3CC3c3ccc2cc3)CC1. The van der Waals surface area contributed by atoms with Gasteiger partial charge in [0.2, 0.25) is 5.91 Å². The molecule has 7 nitrogen and oxygen atoms in total. The number of fused-ring (bicyclic) bond motifs is 4. The minimum absolute atomic E-state index is 0.0142. The molecule has 3 N–H and O–H groups in total. The van der Waals surface area contributed by atoms with Crippen LogP contribution in [0.2, 0.25) is 0 Å². The van der Waals surface area contributed by atoms with Gasteiger partial charge >= 0.3 is 0 Å². The zero-order valence-corrected chi connectivity index (χ0v) is 15.6. The Hall–Kier alpha value is -2.67. The molecule has 3 aliphatic heterocycles. The van der Waals surface area contributed by atoms with Crippen molar-refractivity contribution in [2.45, 2.75) is 37.1 Å². The monoisotopic (exact) mass is 380 g/mol. The predicted octanol–water partition coefficient (Wildman–Crippen LogP) is 1.93. The van der Waals surface area contributed by atoms with Crippen molar-refractivity contribution in [2.24, 2.45) is 11.7 Å². The molecule has 146 valence electrons. The fourth-order valence-electron chi connectivity index (χ4n) is 4.70. The molecule has 3 atom stereocenters. The van der Waals surface area contributed by atoms with E-state index in [1.165, 1.54) is 5.56 Å². The van der Waals surface area contributed by atoms with E-state index in [9.17, 15) is 9.59 Å². The van der Waals surface area contributed by atoms with Gasteiger partial charge in [0.05, 0.1) is 12.6 Å². The minimum atomic E-state index is -0.206. The van der Waals surface area contributed by atoms with Crippen LogP contribution in [0.4, 0.5) is 0 Å². The van der Waals surface area contributed by atoms with E-state index in [2.05, 4.69) is 34.7 Å². The number of hydrogen-bond acceptors (Lipinski definition) is 5.